The molecule has 0 fully saturated rings. The van der Waals surface area contributed by atoms with Crippen LogP contribution in [-0.2, 0) is 22.4 Å². The third kappa shape index (κ3) is 3.65. The number of rotatable bonds is 5. The largest absolute Gasteiger partial charge is 0.467 e. The monoisotopic (exact) mass is 359 g/mol. The lowest BCUT2D eigenvalue weighted by molar-refractivity contribution is -0.141. The van der Waals surface area contributed by atoms with E-state index in [1.54, 1.807) is 0 Å². The SMILES string of the molecule is COC(=O)[C@H](Cc1ccccc1)Nc1cccc2c1Cc1ccccc1O2. The maximum absolute atomic E-state index is 12.4. The van der Waals surface area contributed by atoms with Gasteiger partial charge in [-0.05, 0) is 29.3 Å². The maximum Gasteiger partial charge on any atom is 0.328 e. The Hall–Kier alpha value is -3.27. The Labute approximate surface area is 158 Å². The van der Waals surface area contributed by atoms with Crippen molar-refractivity contribution in [2.45, 2.75) is 18.9 Å². The Kier molecular flexibility index (Phi) is 4.79. The minimum absolute atomic E-state index is 0.284. The summed E-state index contributed by atoms with van der Waals surface area (Å²) in [6.07, 6.45) is 1.31. The van der Waals surface area contributed by atoms with Crippen molar-refractivity contribution >= 4 is 11.7 Å². The molecule has 0 unspecified atom stereocenters. The Morgan fingerprint density at radius 1 is 1.00 bits per heavy atom. The average Bonchev–Trinajstić information content (AvgIpc) is 2.72. The van der Waals surface area contributed by atoms with Gasteiger partial charge in [0.05, 0.1) is 7.11 Å². The molecule has 0 saturated heterocycles. The van der Waals surface area contributed by atoms with Gasteiger partial charge in [0, 0.05) is 24.1 Å². The summed E-state index contributed by atoms with van der Waals surface area (Å²) in [5, 5.41) is 3.38. The van der Waals surface area contributed by atoms with Crippen molar-refractivity contribution < 1.29 is 14.3 Å². The van der Waals surface area contributed by atoms with E-state index < -0.39 is 6.04 Å². The lowest BCUT2D eigenvalue weighted by atomic mass is 9.98. The normalized spacial score (nSPS) is 12.9. The quantitative estimate of drug-likeness (QED) is 0.530. The molecule has 1 aliphatic heterocycles. The molecule has 0 aliphatic carbocycles. The lowest BCUT2D eigenvalue weighted by Crippen LogP contribution is -2.33. The van der Waals surface area contributed by atoms with E-state index in [0.717, 1.165) is 40.3 Å². The topological polar surface area (TPSA) is 47.6 Å². The first-order chi connectivity index (χ1) is 13.2. The van der Waals surface area contributed by atoms with Gasteiger partial charge < -0.3 is 14.8 Å². The smallest absolute Gasteiger partial charge is 0.328 e. The zero-order valence-corrected chi connectivity index (χ0v) is 15.1. The first kappa shape index (κ1) is 17.2. The summed E-state index contributed by atoms with van der Waals surface area (Å²) < 4.78 is 11.1. The summed E-state index contributed by atoms with van der Waals surface area (Å²) in [6.45, 7) is 0. The molecule has 0 spiro atoms. The van der Waals surface area contributed by atoms with E-state index in [2.05, 4.69) is 11.4 Å². The fraction of sp³-hybridized carbons (Fsp3) is 0.174. The van der Waals surface area contributed by atoms with E-state index in [1.165, 1.54) is 7.11 Å². The number of carbonyl (C=O) groups is 1. The molecular weight excluding hydrogens is 338 g/mol. The van der Waals surface area contributed by atoms with Gasteiger partial charge in [-0.3, -0.25) is 0 Å². The van der Waals surface area contributed by atoms with Gasteiger partial charge in [0.25, 0.3) is 0 Å². The number of anilines is 1. The summed E-state index contributed by atoms with van der Waals surface area (Å²) in [5.41, 5.74) is 4.16. The first-order valence-electron chi connectivity index (χ1n) is 9.00. The number of hydrogen-bond donors (Lipinski definition) is 1. The predicted molar refractivity (Wildman–Crippen MR) is 105 cm³/mol. The van der Waals surface area contributed by atoms with Crippen LogP contribution in [0.5, 0.6) is 11.5 Å². The molecule has 1 aliphatic rings. The van der Waals surface area contributed by atoms with Crippen LogP contribution in [0.4, 0.5) is 5.69 Å². The molecule has 0 amide bonds. The summed E-state index contributed by atoms with van der Waals surface area (Å²) in [4.78, 5) is 12.4. The van der Waals surface area contributed by atoms with Crippen molar-refractivity contribution in [3.8, 4) is 11.5 Å². The van der Waals surface area contributed by atoms with E-state index >= 15 is 0 Å². The molecule has 4 heteroatoms. The molecule has 0 saturated carbocycles. The Morgan fingerprint density at radius 2 is 1.74 bits per heavy atom. The number of para-hydroxylation sites is 1. The van der Waals surface area contributed by atoms with E-state index in [4.69, 9.17) is 9.47 Å². The van der Waals surface area contributed by atoms with Crippen LogP contribution in [0, 0.1) is 0 Å². The molecule has 1 atom stereocenters. The number of esters is 1. The van der Waals surface area contributed by atoms with Crippen LogP contribution in [0.15, 0.2) is 72.8 Å². The van der Waals surface area contributed by atoms with E-state index in [0.29, 0.717) is 6.42 Å². The minimum atomic E-state index is -0.471. The Bertz CT molecular complexity index is 953. The van der Waals surface area contributed by atoms with Gasteiger partial charge in [0.1, 0.15) is 17.5 Å². The predicted octanol–water partition coefficient (Wildman–Crippen LogP) is 4.58. The van der Waals surface area contributed by atoms with Crippen LogP contribution >= 0.6 is 0 Å². The van der Waals surface area contributed by atoms with Crippen molar-refractivity contribution in [2.75, 3.05) is 12.4 Å². The second-order valence-corrected chi connectivity index (χ2v) is 6.58. The standard InChI is InChI=1S/C23H21NO3/c1-26-23(25)20(14-16-8-3-2-4-9-16)24-19-11-7-13-22-18(19)15-17-10-5-6-12-21(17)27-22/h2-13,20,24H,14-15H2,1H3/t20-/m0/s1. The van der Waals surface area contributed by atoms with Gasteiger partial charge in [-0.2, -0.15) is 0 Å². The maximum atomic E-state index is 12.4. The molecule has 4 nitrogen and oxygen atoms in total. The number of ether oxygens (including phenoxy) is 2. The van der Waals surface area contributed by atoms with Gasteiger partial charge in [-0.25, -0.2) is 4.79 Å². The van der Waals surface area contributed by atoms with Crippen LogP contribution < -0.4 is 10.1 Å². The molecule has 3 aromatic carbocycles. The molecule has 0 radical (unpaired) electrons. The molecule has 3 aromatic rings. The van der Waals surface area contributed by atoms with Crippen LogP contribution in [0.2, 0.25) is 0 Å². The number of carbonyl (C=O) groups excluding carboxylic acids is 1. The third-order valence-corrected chi connectivity index (χ3v) is 4.79. The van der Waals surface area contributed by atoms with Crippen molar-refractivity contribution in [2.24, 2.45) is 0 Å². The van der Waals surface area contributed by atoms with Gasteiger partial charge in [0.15, 0.2) is 0 Å². The summed E-state index contributed by atoms with van der Waals surface area (Å²) in [5.74, 6) is 1.42. The number of benzene rings is 3. The molecule has 27 heavy (non-hydrogen) atoms. The third-order valence-electron chi connectivity index (χ3n) is 4.79. The van der Waals surface area contributed by atoms with Crippen molar-refractivity contribution in [1.82, 2.24) is 0 Å². The van der Waals surface area contributed by atoms with Crippen LogP contribution in [0.25, 0.3) is 0 Å². The van der Waals surface area contributed by atoms with E-state index in [1.807, 2.05) is 66.7 Å². The molecule has 4 rings (SSSR count). The van der Waals surface area contributed by atoms with Gasteiger partial charge >= 0.3 is 5.97 Å². The van der Waals surface area contributed by atoms with Gasteiger partial charge in [0.2, 0.25) is 0 Å². The van der Waals surface area contributed by atoms with Gasteiger partial charge in [-0.1, -0.05) is 54.6 Å². The fourth-order valence-corrected chi connectivity index (χ4v) is 3.41. The zero-order chi connectivity index (χ0) is 18.6. The molecule has 0 aromatic heterocycles. The molecular formula is C23H21NO3. The van der Waals surface area contributed by atoms with Crippen molar-refractivity contribution in [3.05, 3.63) is 89.5 Å². The summed E-state index contributed by atoms with van der Waals surface area (Å²) in [7, 11) is 1.42. The van der Waals surface area contributed by atoms with Crippen LogP contribution in [0.3, 0.4) is 0 Å². The Morgan fingerprint density at radius 3 is 2.56 bits per heavy atom. The van der Waals surface area contributed by atoms with E-state index in [-0.39, 0.29) is 5.97 Å². The molecule has 0 bridgehead atoms. The first-order valence-corrected chi connectivity index (χ1v) is 9.00. The fourth-order valence-electron chi connectivity index (χ4n) is 3.41. The van der Waals surface area contributed by atoms with Crippen molar-refractivity contribution in [3.63, 3.8) is 0 Å². The van der Waals surface area contributed by atoms with Gasteiger partial charge in [-0.15, -0.1) is 0 Å². The number of fused-ring (bicyclic) bond motifs is 2. The van der Waals surface area contributed by atoms with Crippen molar-refractivity contribution in [1.29, 1.82) is 0 Å². The highest BCUT2D eigenvalue weighted by molar-refractivity contribution is 5.80. The minimum Gasteiger partial charge on any atom is -0.467 e. The highest BCUT2D eigenvalue weighted by atomic mass is 16.5. The van der Waals surface area contributed by atoms with Crippen LogP contribution in [0.1, 0.15) is 16.7 Å². The second-order valence-electron chi connectivity index (χ2n) is 6.58. The Balaban J connectivity index is 1.62. The second kappa shape index (κ2) is 7.54. The summed E-state index contributed by atoms with van der Waals surface area (Å²) in [6, 6.07) is 23.4. The lowest BCUT2D eigenvalue weighted by Gasteiger charge is -2.25. The summed E-state index contributed by atoms with van der Waals surface area (Å²) >= 11 is 0. The highest BCUT2D eigenvalue weighted by Crippen LogP contribution is 2.39. The molecule has 1 heterocycles. The molecule has 136 valence electrons. The highest BCUT2D eigenvalue weighted by Gasteiger charge is 2.24. The van der Waals surface area contributed by atoms with Crippen LogP contribution in [-0.4, -0.2) is 19.1 Å². The van der Waals surface area contributed by atoms with E-state index in [9.17, 15) is 4.79 Å². The number of nitrogens with one attached hydrogen (secondary N) is 1. The number of methoxy groups -OCH3 is 1. The molecule has 1 N–H and O–H groups in total. The zero-order valence-electron chi connectivity index (χ0n) is 15.1. The number of hydrogen-bond acceptors (Lipinski definition) is 4. The average molecular weight is 359 g/mol.